The third kappa shape index (κ3) is 3.89. The van der Waals surface area contributed by atoms with Crippen LogP contribution in [0.3, 0.4) is 0 Å². The van der Waals surface area contributed by atoms with Crippen LogP contribution in [0.15, 0.2) is 53.1 Å². The monoisotopic (exact) mass is 467 g/mol. The lowest BCUT2D eigenvalue weighted by atomic mass is 10.1. The molecule has 0 atom stereocenters. The number of nitrogens with two attached hydrogens (primary N) is 1. The van der Waals surface area contributed by atoms with E-state index >= 15 is 0 Å². The van der Waals surface area contributed by atoms with Crippen molar-refractivity contribution < 1.29 is 4.42 Å². The molecule has 0 saturated carbocycles. The lowest BCUT2D eigenvalue weighted by Gasteiger charge is -2.29. The number of aryl methyl sites for hydroxylation is 2. The van der Waals surface area contributed by atoms with E-state index in [1.807, 2.05) is 43.3 Å². The third-order valence-corrected chi connectivity index (χ3v) is 6.91. The summed E-state index contributed by atoms with van der Waals surface area (Å²) < 4.78 is 8.12. The molecule has 0 bridgehead atoms. The number of oxazole rings is 1. The van der Waals surface area contributed by atoms with Gasteiger partial charge >= 0.3 is 0 Å². The van der Waals surface area contributed by atoms with Gasteiger partial charge in [-0.1, -0.05) is 18.2 Å². The van der Waals surface area contributed by atoms with Crippen molar-refractivity contribution in [2.45, 2.75) is 32.7 Å². The van der Waals surface area contributed by atoms with Gasteiger partial charge in [-0.15, -0.1) is 0 Å². The van der Waals surface area contributed by atoms with Crippen molar-refractivity contribution >= 4 is 39.5 Å². The van der Waals surface area contributed by atoms with E-state index < -0.39 is 0 Å². The van der Waals surface area contributed by atoms with Crippen LogP contribution in [0.4, 0.5) is 17.5 Å². The molecule has 178 valence electrons. The van der Waals surface area contributed by atoms with Crippen LogP contribution >= 0.6 is 0 Å². The van der Waals surface area contributed by atoms with Crippen molar-refractivity contribution in [3.63, 3.8) is 0 Å². The van der Waals surface area contributed by atoms with Gasteiger partial charge in [0.15, 0.2) is 5.58 Å². The molecule has 5 aromatic rings. The van der Waals surface area contributed by atoms with Crippen molar-refractivity contribution in [3.8, 4) is 11.3 Å². The van der Waals surface area contributed by atoms with Crippen molar-refractivity contribution in [1.29, 1.82) is 0 Å². The van der Waals surface area contributed by atoms with Gasteiger partial charge in [0, 0.05) is 17.4 Å². The molecule has 2 aromatic carbocycles. The Bertz CT molecular complexity index is 1530. The fraction of sp³-hybridized carbons (Fsp3) is 0.296. The number of pyridine rings is 1. The largest absolute Gasteiger partial charge is 0.423 e. The number of nitrogens with one attached hydrogen (secondary N) is 1. The average Bonchev–Trinajstić information content (AvgIpc) is 3.43. The number of aromatic nitrogens is 4. The van der Waals surface area contributed by atoms with Crippen LogP contribution < -0.4 is 11.1 Å². The number of hydrogen-bond donors (Lipinski definition) is 2. The Morgan fingerprint density at radius 3 is 2.60 bits per heavy atom. The number of piperidine rings is 1. The summed E-state index contributed by atoms with van der Waals surface area (Å²) in [6, 6.07) is 15.1. The van der Waals surface area contributed by atoms with Crippen LogP contribution in [-0.2, 0) is 0 Å². The minimum absolute atomic E-state index is 0.358. The van der Waals surface area contributed by atoms with Gasteiger partial charge in [0.25, 0.3) is 6.01 Å². The maximum absolute atomic E-state index is 6.35. The van der Waals surface area contributed by atoms with Crippen molar-refractivity contribution in [2.24, 2.45) is 0 Å². The first-order valence-electron chi connectivity index (χ1n) is 12.0. The summed E-state index contributed by atoms with van der Waals surface area (Å²) in [5.74, 6) is 0.510. The number of hydrogen-bond acceptors (Lipinski definition) is 7. The van der Waals surface area contributed by atoms with Gasteiger partial charge in [0.05, 0.1) is 16.9 Å². The molecule has 0 amide bonds. The molecule has 4 heterocycles. The summed E-state index contributed by atoms with van der Waals surface area (Å²) in [6.45, 7) is 6.23. The Balaban J connectivity index is 1.32. The fourth-order valence-electron chi connectivity index (χ4n) is 5.10. The highest BCUT2D eigenvalue weighted by atomic mass is 16.4. The first kappa shape index (κ1) is 21.6. The number of nitrogen functional groups attached to an aromatic ring is 1. The topological polar surface area (TPSA) is 98.0 Å². The Hall–Kier alpha value is -3.91. The molecule has 1 fully saturated rings. The molecule has 3 aromatic heterocycles. The predicted molar refractivity (Wildman–Crippen MR) is 140 cm³/mol. The van der Waals surface area contributed by atoms with E-state index in [0.717, 1.165) is 70.4 Å². The number of benzene rings is 2. The maximum atomic E-state index is 6.35. The van der Waals surface area contributed by atoms with Gasteiger partial charge in [-0.05, 0) is 82.2 Å². The molecule has 1 aliphatic heterocycles. The van der Waals surface area contributed by atoms with E-state index in [-0.39, 0.29) is 0 Å². The highest BCUT2D eigenvalue weighted by Crippen LogP contribution is 2.35. The fourth-order valence-corrected chi connectivity index (χ4v) is 5.10. The van der Waals surface area contributed by atoms with Crippen molar-refractivity contribution in [1.82, 2.24) is 24.6 Å². The second kappa shape index (κ2) is 8.39. The van der Waals surface area contributed by atoms with Crippen LogP contribution in [0, 0.1) is 13.8 Å². The molecule has 1 aliphatic rings. The second-order valence-electron chi connectivity index (χ2n) is 9.57. The molecule has 0 spiro atoms. The molecular formula is C27H29N7O. The zero-order valence-corrected chi connectivity index (χ0v) is 20.2. The summed E-state index contributed by atoms with van der Waals surface area (Å²) in [5.41, 5.74) is 14.0. The van der Waals surface area contributed by atoms with E-state index in [2.05, 4.69) is 44.9 Å². The highest BCUT2D eigenvalue weighted by molar-refractivity contribution is 6.00. The Morgan fingerprint density at radius 2 is 1.83 bits per heavy atom. The molecule has 6 rings (SSSR count). The average molecular weight is 468 g/mol. The smallest absolute Gasteiger partial charge is 0.300 e. The number of nitrogens with zero attached hydrogens (tertiary/aromatic N) is 5. The minimum Gasteiger partial charge on any atom is -0.423 e. The highest BCUT2D eigenvalue weighted by Gasteiger charge is 2.24. The molecule has 8 heteroatoms. The zero-order chi connectivity index (χ0) is 24.1. The summed E-state index contributed by atoms with van der Waals surface area (Å²) in [7, 11) is 2.17. The van der Waals surface area contributed by atoms with Crippen LogP contribution in [0.1, 0.15) is 30.0 Å². The minimum atomic E-state index is 0.358. The number of fused-ring (bicyclic) bond motifs is 2. The van der Waals surface area contributed by atoms with Crippen molar-refractivity contribution in [3.05, 3.63) is 59.8 Å². The van der Waals surface area contributed by atoms with E-state index in [9.17, 15) is 0 Å². The normalized spacial score (nSPS) is 15.3. The summed E-state index contributed by atoms with van der Waals surface area (Å²) in [4.78, 5) is 11.3. The van der Waals surface area contributed by atoms with Crippen LogP contribution in [0.5, 0.6) is 0 Å². The Labute approximate surface area is 203 Å². The predicted octanol–water partition coefficient (Wildman–Crippen LogP) is 5.45. The molecule has 0 aliphatic carbocycles. The van der Waals surface area contributed by atoms with Gasteiger partial charge in [0.2, 0.25) is 0 Å². The van der Waals surface area contributed by atoms with Gasteiger partial charge in [-0.25, -0.2) is 4.98 Å². The molecule has 0 unspecified atom stereocenters. The lowest BCUT2D eigenvalue weighted by molar-refractivity contribution is 0.215. The quantitative estimate of drug-likeness (QED) is 0.363. The number of rotatable bonds is 4. The lowest BCUT2D eigenvalue weighted by Crippen LogP contribution is -2.31. The van der Waals surface area contributed by atoms with Crippen LogP contribution in [0.2, 0.25) is 0 Å². The molecule has 8 nitrogen and oxygen atoms in total. The molecule has 0 radical (unpaired) electrons. The van der Waals surface area contributed by atoms with Crippen LogP contribution in [0.25, 0.3) is 33.3 Å². The maximum Gasteiger partial charge on any atom is 0.300 e. The van der Waals surface area contributed by atoms with E-state index in [1.54, 1.807) is 6.20 Å². The third-order valence-electron chi connectivity index (χ3n) is 6.91. The van der Waals surface area contributed by atoms with Crippen molar-refractivity contribution in [2.75, 3.05) is 31.2 Å². The SMILES string of the molecule is Cc1cc(C)c2oc(Nc3ccc(-c4nn(C5CCN(C)CC5)c5ccnc(N)c45)cc3)nc2c1. The van der Waals surface area contributed by atoms with Gasteiger partial charge in [-0.2, -0.15) is 10.1 Å². The molecule has 3 N–H and O–H groups in total. The second-order valence-corrected chi connectivity index (χ2v) is 9.57. The first-order chi connectivity index (χ1) is 17.0. The van der Waals surface area contributed by atoms with E-state index in [1.165, 1.54) is 5.56 Å². The zero-order valence-electron chi connectivity index (χ0n) is 20.2. The number of likely N-dealkylation sites (tertiary alicyclic amines) is 1. The molecule has 35 heavy (non-hydrogen) atoms. The van der Waals surface area contributed by atoms with E-state index in [0.29, 0.717) is 17.9 Å². The first-order valence-corrected chi connectivity index (χ1v) is 12.0. The van der Waals surface area contributed by atoms with Gasteiger partial charge in [-0.3, -0.25) is 4.68 Å². The van der Waals surface area contributed by atoms with E-state index in [4.69, 9.17) is 15.2 Å². The Morgan fingerprint density at radius 1 is 1.06 bits per heavy atom. The Kier molecular flexibility index (Phi) is 5.18. The summed E-state index contributed by atoms with van der Waals surface area (Å²) in [5, 5.41) is 9.25. The van der Waals surface area contributed by atoms with Gasteiger partial charge in [0.1, 0.15) is 17.0 Å². The standard InChI is InChI=1S/C27H29N7O/c1-16-14-17(2)25-21(15-16)31-27(35-25)30-19-6-4-18(5-7-19)24-23-22(8-11-29-26(23)28)34(32-24)20-9-12-33(3)13-10-20/h4-8,11,14-15,20H,9-10,12-13H2,1-3H3,(H2,28,29)(H,30,31). The summed E-state index contributed by atoms with van der Waals surface area (Å²) in [6.07, 6.45) is 3.91. The van der Waals surface area contributed by atoms with Crippen LogP contribution in [-0.4, -0.2) is 44.8 Å². The number of anilines is 3. The summed E-state index contributed by atoms with van der Waals surface area (Å²) >= 11 is 0. The van der Waals surface area contributed by atoms with Gasteiger partial charge < -0.3 is 20.4 Å². The molecular weight excluding hydrogens is 438 g/mol. The molecule has 1 saturated heterocycles.